The molecule has 0 amide bonds. The van der Waals surface area contributed by atoms with Crippen LogP contribution in [0.15, 0.2) is 10.6 Å². The third-order valence-electron chi connectivity index (χ3n) is 7.35. The highest BCUT2D eigenvalue weighted by molar-refractivity contribution is 7.15. The highest BCUT2D eigenvalue weighted by Gasteiger charge is 2.45. The third kappa shape index (κ3) is 5.48. The molecule has 0 radical (unpaired) electrons. The summed E-state index contributed by atoms with van der Waals surface area (Å²) in [4.78, 5) is 22.0. The number of thiazole rings is 1. The summed E-state index contributed by atoms with van der Waals surface area (Å²) in [6, 6.07) is 1.78. The largest absolute Gasteiger partial charge is 0.361 e. The van der Waals surface area contributed by atoms with Crippen LogP contribution in [-0.4, -0.2) is 58.6 Å². The number of hydrogen-bond acceptors (Lipinski definition) is 7. The zero-order valence-corrected chi connectivity index (χ0v) is 20.3. The van der Waals surface area contributed by atoms with Crippen molar-refractivity contribution in [3.8, 4) is 0 Å². The number of aromatic nitrogens is 2. The highest BCUT2D eigenvalue weighted by Crippen LogP contribution is 2.40. The molecule has 0 aromatic carbocycles. The van der Waals surface area contributed by atoms with E-state index in [1.54, 1.807) is 11.0 Å². The second-order valence-corrected chi connectivity index (χ2v) is 11.4. The molecular weight excluding hydrogens is 465 g/mol. The fraction of sp³-hybridized carbons (Fsp3) is 0.708. The van der Waals surface area contributed by atoms with Crippen LogP contribution < -0.4 is 4.90 Å². The number of hydrogen-bond donors (Lipinski definition) is 0. The Morgan fingerprint density at radius 3 is 2.71 bits per heavy atom. The van der Waals surface area contributed by atoms with Crippen molar-refractivity contribution in [2.45, 2.75) is 76.4 Å². The van der Waals surface area contributed by atoms with Gasteiger partial charge in [0.25, 0.3) is 5.92 Å². The number of halogens is 3. The van der Waals surface area contributed by atoms with Crippen molar-refractivity contribution in [3.05, 3.63) is 28.1 Å². The van der Waals surface area contributed by atoms with Crippen LogP contribution in [0, 0.1) is 12.8 Å². The predicted octanol–water partition coefficient (Wildman–Crippen LogP) is 4.74. The Balaban J connectivity index is 1.05. The summed E-state index contributed by atoms with van der Waals surface area (Å²) in [6.45, 7) is 3.50. The van der Waals surface area contributed by atoms with Gasteiger partial charge in [-0.2, -0.15) is 0 Å². The fourth-order valence-corrected chi connectivity index (χ4v) is 6.36. The maximum absolute atomic E-state index is 15.5. The second-order valence-electron chi connectivity index (χ2n) is 10.3. The van der Waals surface area contributed by atoms with Gasteiger partial charge in [-0.05, 0) is 51.4 Å². The van der Waals surface area contributed by atoms with Gasteiger partial charge in [0.15, 0.2) is 5.13 Å². The number of aryl methyl sites for hydroxylation is 1. The van der Waals surface area contributed by atoms with Crippen molar-refractivity contribution in [1.82, 2.24) is 15.0 Å². The number of anilines is 1. The molecule has 4 heterocycles. The first kappa shape index (κ1) is 23.8. The Kier molecular flexibility index (Phi) is 6.48. The van der Waals surface area contributed by atoms with Crippen molar-refractivity contribution in [2.24, 2.45) is 5.92 Å². The van der Waals surface area contributed by atoms with E-state index in [9.17, 15) is 13.6 Å². The van der Waals surface area contributed by atoms with E-state index in [1.807, 2.05) is 6.92 Å². The van der Waals surface area contributed by atoms with Gasteiger partial charge in [0.05, 0.1) is 30.9 Å². The number of rotatable bonds is 8. The summed E-state index contributed by atoms with van der Waals surface area (Å²) in [5.74, 6) is -1.64. The van der Waals surface area contributed by atoms with Crippen molar-refractivity contribution >= 4 is 22.3 Å². The van der Waals surface area contributed by atoms with Crippen LogP contribution in [0.2, 0.25) is 0 Å². The number of nitrogens with zero attached hydrogens (tertiary/aromatic N) is 4. The molecule has 0 atom stereocenters. The molecule has 10 heteroatoms. The van der Waals surface area contributed by atoms with Crippen molar-refractivity contribution < 1.29 is 22.5 Å². The Morgan fingerprint density at radius 1 is 1.26 bits per heavy atom. The highest BCUT2D eigenvalue weighted by atomic mass is 32.1. The predicted molar refractivity (Wildman–Crippen MR) is 123 cm³/mol. The van der Waals surface area contributed by atoms with Gasteiger partial charge in [-0.1, -0.05) is 5.16 Å². The molecular formula is C24H31F3N4O2S. The summed E-state index contributed by atoms with van der Waals surface area (Å²) in [7, 11) is 0. The molecule has 186 valence electrons. The summed E-state index contributed by atoms with van der Waals surface area (Å²) in [6.07, 6.45) is 4.51. The summed E-state index contributed by atoms with van der Waals surface area (Å²) in [5.41, 5.74) is 0.542. The molecule has 0 bridgehead atoms. The van der Waals surface area contributed by atoms with E-state index in [4.69, 9.17) is 4.52 Å². The van der Waals surface area contributed by atoms with Crippen molar-refractivity contribution in [1.29, 1.82) is 0 Å². The van der Waals surface area contributed by atoms with Gasteiger partial charge in [0.2, 0.25) is 0 Å². The zero-order valence-electron chi connectivity index (χ0n) is 19.5. The van der Waals surface area contributed by atoms with Gasteiger partial charge in [0.1, 0.15) is 17.2 Å². The Morgan fingerprint density at radius 2 is 2.03 bits per heavy atom. The molecule has 0 N–H and O–H groups in total. The lowest BCUT2D eigenvalue weighted by Gasteiger charge is -2.38. The van der Waals surface area contributed by atoms with Crippen LogP contribution in [0.4, 0.5) is 18.3 Å². The molecule has 0 unspecified atom stereocenters. The van der Waals surface area contributed by atoms with E-state index < -0.39 is 11.6 Å². The van der Waals surface area contributed by atoms with Gasteiger partial charge >= 0.3 is 0 Å². The normalized spacial score (nSPS) is 26.8. The first-order valence-electron chi connectivity index (χ1n) is 12.1. The number of alkyl halides is 3. The van der Waals surface area contributed by atoms with Gasteiger partial charge in [-0.3, -0.25) is 9.69 Å². The van der Waals surface area contributed by atoms with E-state index in [1.165, 1.54) is 16.2 Å². The van der Waals surface area contributed by atoms with Crippen molar-refractivity contribution in [3.63, 3.8) is 0 Å². The molecule has 3 aliphatic rings. The number of carbonyl (C=O) groups is 1. The number of Topliss-reactive ketones (excluding diaryl/α,β-unsaturated/α-hetero) is 1. The molecule has 1 aliphatic carbocycles. The number of ketones is 1. The lowest BCUT2D eigenvalue weighted by molar-refractivity contribution is -0.120. The summed E-state index contributed by atoms with van der Waals surface area (Å²) >= 11 is 1.52. The molecule has 34 heavy (non-hydrogen) atoms. The Bertz CT molecular complexity index is 1020. The molecule has 2 aromatic heterocycles. The summed E-state index contributed by atoms with van der Waals surface area (Å²) < 4.78 is 47.0. The van der Waals surface area contributed by atoms with E-state index >= 15 is 4.39 Å². The van der Waals surface area contributed by atoms with Crippen LogP contribution in [-0.2, 0) is 24.2 Å². The average molecular weight is 497 g/mol. The minimum Gasteiger partial charge on any atom is -0.361 e. The van der Waals surface area contributed by atoms with Gasteiger partial charge in [0, 0.05) is 37.0 Å². The van der Waals surface area contributed by atoms with Crippen LogP contribution >= 0.6 is 11.3 Å². The third-order valence-corrected chi connectivity index (χ3v) is 8.57. The lowest BCUT2D eigenvalue weighted by atomic mass is 9.76. The first-order chi connectivity index (χ1) is 16.2. The minimum absolute atomic E-state index is 0.126. The molecule has 2 aromatic rings. The zero-order chi connectivity index (χ0) is 23.9. The molecule has 5 rings (SSSR count). The summed E-state index contributed by atoms with van der Waals surface area (Å²) in [5, 5.41) is 4.50. The average Bonchev–Trinajstić information content (AvgIpc) is 3.37. The lowest BCUT2D eigenvalue weighted by Crippen LogP contribution is -2.56. The van der Waals surface area contributed by atoms with E-state index in [0.717, 1.165) is 37.2 Å². The number of fused-ring (bicyclic) bond motifs is 1. The maximum atomic E-state index is 15.5. The smallest absolute Gasteiger partial charge is 0.282 e. The van der Waals surface area contributed by atoms with E-state index in [0.29, 0.717) is 49.7 Å². The molecule has 6 nitrogen and oxygen atoms in total. The molecule has 1 saturated heterocycles. The fourth-order valence-electron chi connectivity index (χ4n) is 5.31. The van der Waals surface area contributed by atoms with Crippen LogP contribution in [0.3, 0.4) is 0 Å². The van der Waals surface area contributed by atoms with Gasteiger partial charge < -0.3 is 9.42 Å². The standard InChI is InChI=1S/C24H31F3N4O2S/c1-16-10-19(33-29-16)12-18(32)11-17-2-5-23(25,6-3-17)7-9-30-8-4-21-20(13-30)28-22(34-21)31-14-24(26,27)15-31/h10,17H,2-9,11-15H2,1H3. The van der Waals surface area contributed by atoms with E-state index in [-0.39, 0.29) is 31.2 Å². The number of carbonyl (C=O) groups excluding carboxylic acids is 1. The molecule has 2 fully saturated rings. The molecule has 1 saturated carbocycles. The molecule has 0 spiro atoms. The van der Waals surface area contributed by atoms with Crippen LogP contribution in [0.1, 0.15) is 60.6 Å². The van der Waals surface area contributed by atoms with Crippen LogP contribution in [0.25, 0.3) is 0 Å². The SMILES string of the molecule is Cc1cc(CC(=O)CC2CCC(F)(CCN3CCc4sc(N5CC(F)(F)C5)nc4C3)CC2)on1. The van der Waals surface area contributed by atoms with E-state index in [2.05, 4.69) is 15.0 Å². The van der Waals surface area contributed by atoms with Gasteiger partial charge in [-0.25, -0.2) is 18.2 Å². The first-order valence-corrected chi connectivity index (χ1v) is 12.9. The van der Waals surface area contributed by atoms with Gasteiger partial charge in [-0.15, -0.1) is 11.3 Å². The Hall–Kier alpha value is -1.94. The second kappa shape index (κ2) is 9.26. The quantitative estimate of drug-likeness (QED) is 0.526. The molecule has 2 aliphatic heterocycles. The minimum atomic E-state index is -2.60. The Labute approximate surface area is 201 Å². The van der Waals surface area contributed by atoms with Crippen LogP contribution in [0.5, 0.6) is 0 Å². The maximum Gasteiger partial charge on any atom is 0.282 e. The van der Waals surface area contributed by atoms with Crippen molar-refractivity contribution in [2.75, 3.05) is 31.1 Å². The topological polar surface area (TPSA) is 62.5 Å². The monoisotopic (exact) mass is 496 g/mol.